The highest BCUT2D eigenvalue weighted by Crippen LogP contribution is 2.59. The molecule has 2 aliphatic rings. The van der Waals surface area contributed by atoms with E-state index in [1.54, 1.807) is 0 Å². The molecule has 2 fully saturated rings. The van der Waals surface area contributed by atoms with E-state index in [-0.39, 0.29) is 24.7 Å². The minimum absolute atomic E-state index is 0.0606. The molecule has 0 aromatic heterocycles. The molecule has 0 aromatic carbocycles. The van der Waals surface area contributed by atoms with Gasteiger partial charge in [0.25, 0.3) is 5.60 Å². The van der Waals surface area contributed by atoms with E-state index in [1.807, 2.05) is 0 Å². The van der Waals surface area contributed by atoms with Gasteiger partial charge < -0.3 is 10.2 Å². The zero-order valence-electron chi connectivity index (χ0n) is 13.0. The number of fused-ring (bicyclic) bond motifs is 2. The lowest BCUT2D eigenvalue weighted by molar-refractivity contribution is -0.392. The van der Waals surface area contributed by atoms with Gasteiger partial charge in [0.15, 0.2) is 0 Å². The molecular weight excluding hydrogens is 342 g/mol. The quantitative estimate of drug-likeness (QED) is 0.742. The van der Waals surface area contributed by atoms with Crippen molar-refractivity contribution in [2.24, 2.45) is 23.2 Å². The van der Waals surface area contributed by atoms with Crippen LogP contribution >= 0.6 is 0 Å². The normalized spacial score (nSPS) is 33.2. The molecule has 140 valence electrons. The predicted molar refractivity (Wildman–Crippen MR) is 71.0 cm³/mol. The molecule has 3 atom stereocenters. The Morgan fingerprint density at radius 3 is 1.79 bits per heavy atom. The largest absolute Gasteiger partial charge is 0.481 e. The molecule has 2 aliphatic carbocycles. The van der Waals surface area contributed by atoms with Gasteiger partial charge >= 0.3 is 18.3 Å². The Morgan fingerprint density at radius 2 is 1.46 bits per heavy atom. The van der Waals surface area contributed by atoms with Crippen LogP contribution in [0, 0.1) is 23.2 Å². The first-order chi connectivity index (χ1) is 10.7. The molecule has 0 spiro atoms. The van der Waals surface area contributed by atoms with Gasteiger partial charge in [-0.3, -0.25) is 4.79 Å². The summed E-state index contributed by atoms with van der Waals surface area (Å²) in [5.41, 5.74) is -7.05. The van der Waals surface area contributed by atoms with Crippen molar-refractivity contribution in [3.63, 3.8) is 0 Å². The Bertz CT molecular complexity index is 472. The van der Waals surface area contributed by atoms with Crippen LogP contribution in [0.1, 0.15) is 45.4 Å². The van der Waals surface area contributed by atoms with Gasteiger partial charge in [-0.2, -0.15) is 26.3 Å². The van der Waals surface area contributed by atoms with Gasteiger partial charge in [-0.05, 0) is 36.5 Å². The van der Waals surface area contributed by atoms with Crippen LogP contribution in [0.5, 0.6) is 0 Å². The number of hydrogen-bond acceptors (Lipinski definition) is 2. The van der Waals surface area contributed by atoms with Crippen LogP contribution in [0.15, 0.2) is 0 Å². The number of aliphatic carboxylic acids is 1. The summed E-state index contributed by atoms with van der Waals surface area (Å²) in [6, 6.07) is 0. The molecule has 0 heterocycles. The van der Waals surface area contributed by atoms with Crippen molar-refractivity contribution in [3.8, 4) is 0 Å². The molecule has 0 saturated heterocycles. The van der Waals surface area contributed by atoms with E-state index in [4.69, 9.17) is 0 Å². The Morgan fingerprint density at radius 1 is 1.04 bits per heavy atom. The van der Waals surface area contributed by atoms with Crippen LogP contribution in [-0.2, 0) is 4.79 Å². The first-order valence-corrected chi connectivity index (χ1v) is 7.81. The summed E-state index contributed by atoms with van der Waals surface area (Å²) < 4.78 is 79.2. The fraction of sp³-hybridized carbons (Fsp3) is 0.933. The number of aliphatic hydroxyl groups is 1. The summed E-state index contributed by atoms with van der Waals surface area (Å²) in [5, 5.41) is 18.9. The number of carboxylic acids is 1. The fourth-order valence-corrected chi connectivity index (χ4v) is 4.88. The lowest BCUT2D eigenvalue weighted by Crippen LogP contribution is -2.67. The minimum Gasteiger partial charge on any atom is -0.481 e. The molecule has 2 bridgehead atoms. The first-order valence-electron chi connectivity index (χ1n) is 7.81. The van der Waals surface area contributed by atoms with Gasteiger partial charge in [0, 0.05) is 0 Å². The lowest BCUT2D eigenvalue weighted by atomic mass is 9.54. The lowest BCUT2D eigenvalue weighted by Gasteiger charge is -2.52. The van der Waals surface area contributed by atoms with Crippen LogP contribution in [0.4, 0.5) is 26.3 Å². The highest BCUT2D eigenvalue weighted by molar-refractivity contribution is 5.73. The minimum atomic E-state index is -6.14. The molecule has 0 amide bonds. The van der Waals surface area contributed by atoms with E-state index >= 15 is 0 Å². The molecule has 9 heteroatoms. The summed E-state index contributed by atoms with van der Waals surface area (Å²) >= 11 is 0. The fourth-order valence-electron chi connectivity index (χ4n) is 4.88. The molecule has 0 aliphatic heterocycles. The van der Waals surface area contributed by atoms with Crippen LogP contribution in [0.3, 0.4) is 0 Å². The standard InChI is InChI=1S/C15H20F6O3/c1-12(6-8-3-2-4-9(5-8)7-12)10(11(22)23)13(24,14(16,17)18)15(19,20)21/h8-10,24H,2-7H2,1H3,(H,22,23). The van der Waals surface area contributed by atoms with Crippen LogP contribution < -0.4 is 0 Å². The van der Waals surface area contributed by atoms with E-state index in [0.29, 0.717) is 19.3 Å². The number of alkyl halides is 6. The average Bonchev–Trinajstić information content (AvgIpc) is 2.34. The Balaban J connectivity index is 2.53. The van der Waals surface area contributed by atoms with Gasteiger partial charge in [-0.25, -0.2) is 0 Å². The van der Waals surface area contributed by atoms with Crippen molar-refractivity contribution in [2.75, 3.05) is 0 Å². The topological polar surface area (TPSA) is 57.5 Å². The van der Waals surface area contributed by atoms with Gasteiger partial charge in [0.1, 0.15) is 5.92 Å². The molecular formula is C15H20F6O3. The van der Waals surface area contributed by atoms with Crippen molar-refractivity contribution in [1.29, 1.82) is 0 Å². The molecule has 2 rings (SSSR count). The smallest absolute Gasteiger partial charge is 0.427 e. The average molecular weight is 362 g/mol. The van der Waals surface area contributed by atoms with Crippen molar-refractivity contribution in [3.05, 3.63) is 0 Å². The van der Waals surface area contributed by atoms with Crippen molar-refractivity contribution >= 4 is 5.97 Å². The number of carboxylic acid groups (broad SMARTS) is 1. The highest BCUT2D eigenvalue weighted by atomic mass is 19.4. The second kappa shape index (κ2) is 5.78. The van der Waals surface area contributed by atoms with Gasteiger partial charge in [-0.15, -0.1) is 0 Å². The number of hydrogen-bond donors (Lipinski definition) is 2. The van der Waals surface area contributed by atoms with Crippen LogP contribution in [0.2, 0.25) is 0 Å². The summed E-state index contributed by atoms with van der Waals surface area (Å²) in [4.78, 5) is 11.5. The highest BCUT2D eigenvalue weighted by Gasteiger charge is 2.78. The predicted octanol–water partition coefficient (Wildman–Crippen LogP) is 4.15. The van der Waals surface area contributed by atoms with Gasteiger partial charge in [0.05, 0.1) is 0 Å². The summed E-state index contributed by atoms with van der Waals surface area (Å²) in [7, 11) is 0. The monoisotopic (exact) mass is 362 g/mol. The third-order valence-electron chi connectivity index (χ3n) is 5.63. The number of rotatable bonds is 3. The molecule has 24 heavy (non-hydrogen) atoms. The number of carbonyl (C=O) groups is 1. The molecule has 2 saturated carbocycles. The van der Waals surface area contributed by atoms with E-state index in [1.165, 1.54) is 0 Å². The Hall–Kier alpha value is -0.990. The zero-order valence-corrected chi connectivity index (χ0v) is 13.0. The van der Waals surface area contributed by atoms with E-state index < -0.39 is 35.3 Å². The maximum Gasteiger partial charge on any atom is 0.427 e. The summed E-state index contributed by atoms with van der Waals surface area (Å²) in [5.74, 6) is -5.46. The van der Waals surface area contributed by atoms with E-state index in [2.05, 4.69) is 0 Å². The van der Waals surface area contributed by atoms with Crippen molar-refractivity contribution in [2.45, 2.75) is 63.4 Å². The first kappa shape index (κ1) is 19.3. The molecule has 0 radical (unpaired) electrons. The Labute approximate surface area is 135 Å². The second-order valence-electron chi connectivity index (χ2n) is 7.49. The van der Waals surface area contributed by atoms with Gasteiger partial charge in [-0.1, -0.05) is 26.2 Å². The summed E-state index contributed by atoms with van der Waals surface area (Å²) in [6.07, 6.45) is -9.54. The molecule has 3 nitrogen and oxygen atoms in total. The van der Waals surface area contributed by atoms with Crippen LogP contribution in [0.25, 0.3) is 0 Å². The third kappa shape index (κ3) is 2.99. The zero-order chi connectivity index (χ0) is 18.6. The van der Waals surface area contributed by atoms with E-state index in [9.17, 15) is 41.4 Å². The SMILES string of the molecule is CC1(C(C(=O)O)C(O)(C(F)(F)F)C(F)(F)F)CC2CCCC(C2)C1. The maximum absolute atomic E-state index is 13.2. The van der Waals surface area contributed by atoms with E-state index in [0.717, 1.165) is 13.3 Å². The Kier molecular flexibility index (Phi) is 4.65. The molecule has 0 aromatic rings. The van der Waals surface area contributed by atoms with Crippen molar-refractivity contribution < 1.29 is 41.4 Å². The van der Waals surface area contributed by atoms with Crippen LogP contribution in [-0.4, -0.2) is 34.1 Å². The molecule has 2 N–H and O–H groups in total. The van der Waals surface area contributed by atoms with Gasteiger partial charge in [0.2, 0.25) is 0 Å². The third-order valence-corrected chi connectivity index (χ3v) is 5.63. The maximum atomic E-state index is 13.2. The number of halogens is 6. The second-order valence-corrected chi connectivity index (χ2v) is 7.49. The van der Waals surface area contributed by atoms with Crippen molar-refractivity contribution in [1.82, 2.24) is 0 Å². The molecule has 3 unspecified atom stereocenters. The summed E-state index contributed by atoms with van der Waals surface area (Å²) in [6.45, 7) is 1.14.